The van der Waals surface area contributed by atoms with E-state index in [9.17, 15) is 0 Å². The van der Waals surface area contributed by atoms with E-state index in [1.807, 2.05) is 11.3 Å². The molecule has 2 atom stereocenters. The molecule has 0 radical (unpaired) electrons. The number of hydrogen-bond acceptors (Lipinski definition) is 3. The summed E-state index contributed by atoms with van der Waals surface area (Å²) in [4.78, 5) is 4.09. The Balaban J connectivity index is 0.000000963. The van der Waals surface area contributed by atoms with Crippen molar-refractivity contribution in [3.63, 3.8) is 0 Å². The normalized spacial score (nSPS) is 29.1. The zero-order valence-electron chi connectivity index (χ0n) is 8.99. The van der Waals surface area contributed by atoms with Crippen molar-refractivity contribution in [2.45, 2.75) is 6.54 Å². The molecule has 2 aliphatic rings. The Morgan fingerprint density at radius 1 is 1.38 bits per heavy atom. The van der Waals surface area contributed by atoms with E-state index in [2.05, 4.69) is 37.6 Å². The SMILES string of the molecule is Brc1csc(CN2C[C@H]3CNC[C@H]3C2)c1.Cl. The minimum atomic E-state index is 0. The average molecular weight is 324 g/mol. The van der Waals surface area contributed by atoms with Crippen LogP contribution in [0.15, 0.2) is 15.9 Å². The Morgan fingerprint density at radius 2 is 2.06 bits per heavy atom. The highest BCUT2D eigenvalue weighted by Crippen LogP contribution is 2.29. The summed E-state index contributed by atoms with van der Waals surface area (Å²) in [6.45, 7) is 6.17. The first-order valence-corrected chi connectivity index (χ1v) is 7.14. The number of thiophene rings is 1. The molecular formula is C11H16BrClN2S. The summed E-state index contributed by atoms with van der Waals surface area (Å²) < 4.78 is 1.23. The van der Waals surface area contributed by atoms with Crippen LogP contribution >= 0.6 is 39.7 Å². The molecule has 3 heterocycles. The first kappa shape index (κ1) is 12.8. The summed E-state index contributed by atoms with van der Waals surface area (Å²) in [6.07, 6.45) is 0. The minimum Gasteiger partial charge on any atom is -0.316 e. The van der Waals surface area contributed by atoms with Gasteiger partial charge in [-0.3, -0.25) is 4.90 Å². The first-order valence-electron chi connectivity index (χ1n) is 5.47. The van der Waals surface area contributed by atoms with Gasteiger partial charge in [0.2, 0.25) is 0 Å². The van der Waals surface area contributed by atoms with Crippen LogP contribution in [0.4, 0.5) is 0 Å². The third kappa shape index (κ3) is 2.62. The zero-order valence-corrected chi connectivity index (χ0v) is 12.2. The maximum atomic E-state index is 3.51. The summed E-state index contributed by atoms with van der Waals surface area (Å²) in [6, 6.07) is 2.25. The summed E-state index contributed by atoms with van der Waals surface area (Å²) in [5.74, 6) is 1.82. The Labute approximate surface area is 115 Å². The maximum Gasteiger partial charge on any atom is 0.0328 e. The number of rotatable bonds is 2. The highest BCUT2D eigenvalue weighted by atomic mass is 79.9. The van der Waals surface area contributed by atoms with Gasteiger partial charge in [0.1, 0.15) is 0 Å². The molecule has 2 aliphatic heterocycles. The summed E-state index contributed by atoms with van der Waals surface area (Å²) in [5, 5.41) is 5.66. The van der Waals surface area contributed by atoms with Gasteiger partial charge in [-0.25, -0.2) is 0 Å². The van der Waals surface area contributed by atoms with Gasteiger partial charge in [-0.1, -0.05) is 0 Å². The van der Waals surface area contributed by atoms with Crippen molar-refractivity contribution >= 4 is 39.7 Å². The number of likely N-dealkylation sites (tertiary alicyclic amines) is 1. The highest BCUT2D eigenvalue weighted by Gasteiger charge is 2.35. The number of fused-ring (bicyclic) bond motifs is 1. The van der Waals surface area contributed by atoms with Crippen molar-refractivity contribution in [3.05, 3.63) is 20.8 Å². The Kier molecular flexibility index (Phi) is 4.30. The van der Waals surface area contributed by atoms with Crippen molar-refractivity contribution in [3.8, 4) is 0 Å². The van der Waals surface area contributed by atoms with E-state index in [0.717, 1.165) is 18.4 Å². The van der Waals surface area contributed by atoms with Crippen molar-refractivity contribution in [1.29, 1.82) is 0 Å². The lowest BCUT2D eigenvalue weighted by atomic mass is 10.0. The van der Waals surface area contributed by atoms with Gasteiger partial charge in [0.05, 0.1) is 0 Å². The van der Waals surface area contributed by atoms with Crippen LogP contribution in [0.5, 0.6) is 0 Å². The molecule has 16 heavy (non-hydrogen) atoms. The van der Waals surface area contributed by atoms with Crippen molar-refractivity contribution in [2.24, 2.45) is 11.8 Å². The Hall–Kier alpha value is 0.390. The van der Waals surface area contributed by atoms with Gasteiger partial charge >= 0.3 is 0 Å². The van der Waals surface area contributed by atoms with Gasteiger partial charge in [-0.05, 0) is 46.9 Å². The van der Waals surface area contributed by atoms with Crippen LogP contribution in [0.25, 0.3) is 0 Å². The molecular weight excluding hydrogens is 308 g/mol. The third-order valence-electron chi connectivity index (χ3n) is 3.47. The third-order valence-corrected chi connectivity index (χ3v) is 5.15. The molecule has 1 N–H and O–H groups in total. The lowest BCUT2D eigenvalue weighted by molar-refractivity contribution is 0.308. The van der Waals surface area contributed by atoms with E-state index in [4.69, 9.17) is 0 Å². The minimum absolute atomic E-state index is 0. The van der Waals surface area contributed by atoms with Crippen LogP contribution in [0.1, 0.15) is 4.88 Å². The van der Waals surface area contributed by atoms with Gasteiger partial charge in [-0.15, -0.1) is 23.7 Å². The lowest BCUT2D eigenvalue weighted by Crippen LogP contribution is -2.25. The smallest absolute Gasteiger partial charge is 0.0328 e. The number of nitrogens with zero attached hydrogens (tertiary/aromatic N) is 1. The fourth-order valence-electron chi connectivity index (χ4n) is 2.74. The van der Waals surface area contributed by atoms with E-state index in [1.165, 1.54) is 35.5 Å². The predicted octanol–water partition coefficient (Wildman–Crippen LogP) is 2.58. The molecule has 2 fully saturated rings. The molecule has 0 spiro atoms. The van der Waals surface area contributed by atoms with Crippen LogP contribution < -0.4 is 5.32 Å². The molecule has 0 aliphatic carbocycles. The summed E-state index contributed by atoms with van der Waals surface area (Å²) in [7, 11) is 0. The van der Waals surface area contributed by atoms with Crippen LogP contribution in [-0.2, 0) is 6.54 Å². The average Bonchev–Trinajstić information content (AvgIpc) is 2.81. The second-order valence-electron chi connectivity index (χ2n) is 4.60. The Bertz CT molecular complexity index is 346. The van der Waals surface area contributed by atoms with Crippen molar-refractivity contribution < 1.29 is 0 Å². The van der Waals surface area contributed by atoms with E-state index < -0.39 is 0 Å². The molecule has 2 saturated heterocycles. The largest absolute Gasteiger partial charge is 0.316 e. The molecule has 0 saturated carbocycles. The van der Waals surface area contributed by atoms with Gasteiger partial charge in [-0.2, -0.15) is 0 Å². The van der Waals surface area contributed by atoms with Gasteiger partial charge < -0.3 is 5.32 Å². The number of hydrogen-bond donors (Lipinski definition) is 1. The molecule has 0 bridgehead atoms. The highest BCUT2D eigenvalue weighted by molar-refractivity contribution is 9.10. The fraction of sp³-hybridized carbons (Fsp3) is 0.636. The van der Waals surface area contributed by atoms with Gasteiger partial charge in [0, 0.05) is 34.4 Å². The summed E-state index contributed by atoms with van der Waals surface area (Å²) >= 11 is 5.37. The molecule has 0 amide bonds. The second-order valence-corrected chi connectivity index (χ2v) is 6.52. The zero-order chi connectivity index (χ0) is 10.3. The molecule has 3 rings (SSSR count). The van der Waals surface area contributed by atoms with Crippen LogP contribution in [0.3, 0.4) is 0 Å². The number of nitrogens with one attached hydrogen (secondary N) is 1. The van der Waals surface area contributed by atoms with Crippen molar-refractivity contribution in [1.82, 2.24) is 10.2 Å². The Morgan fingerprint density at radius 3 is 2.62 bits per heavy atom. The van der Waals surface area contributed by atoms with Crippen LogP contribution in [0, 0.1) is 11.8 Å². The molecule has 0 unspecified atom stereocenters. The van der Waals surface area contributed by atoms with Crippen LogP contribution in [-0.4, -0.2) is 31.1 Å². The first-order chi connectivity index (χ1) is 7.31. The number of halogens is 2. The van der Waals surface area contributed by atoms with Crippen molar-refractivity contribution in [2.75, 3.05) is 26.2 Å². The second kappa shape index (κ2) is 5.36. The molecule has 1 aromatic heterocycles. The molecule has 5 heteroatoms. The van der Waals surface area contributed by atoms with Crippen LogP contribution in [0.2, 0.25) is 0 Å². The molecule has 2 nitrogen and oxygen atoms in total. The maximum absolute atomic E-state index is 3.51. The van der Waals surface area contributed by atoms with E-state index in [1.54, 1.807) is 0 Å². The van der Waals surface area contributed by atoms with E-state index in [-0.39, 0.29) is 12.4 Å². The predicted molar refractivity (Wildman–Crippen MR) is 74.4 cm³/mol. The van der Waals surface area contributed by atoms with E-state index >= 15 is 0 Å². The quantitative estimate of drug-likeness (QED) is 0.900. The standard InChI is InChI=1S/C11H15BrN2S.ClH/c12-10-1-11(15-7-10)6-14-4-8-2-13-3-9(8)5-14;/h1,7-9,13H,2-6H2;1H/t8-,9+;. The molecule has 1 aromatic rings. The topological polar surface area (TPSA) is 15.3 Å². The lowest BCUT2D eigenvalue weighted by Gasteiger charge is -2.15. The molecule has 0 aromatic carbocycles. The van der Waals surface area contributed by atoms with Gasteiger partial charge in [0.15, 0.2) is 0 Å². The fourth-order valence-corrected chi connectivity index (χ4v) is 4.23. The molecule has 90 valence electrons. The van der Waals surface area contributed by atoms with E-state index in [0.29, 0.717) is 0 Å². The summed E-state index contributed by atoms with van der Waals surface area (Å²) in [5.41, 5.74) is 0. The van der Waals surface area contributed by atoms with Gasteiger partial charge in [0.25, 0.3) is 0 Å². The monoisotopic (exact) mass is 322 g/mol.